The summed E-state index contributed by atoms with van der Waals surface area (Å²) in [5.74, 6) is -1.77. The molecule has 0 aliphatic rings. The van der Waals surface area contributed by atoms with Crippen molar-refractivity contribution in [3.05, 3.63) is 91.8 Å². The van der Waals surface area contributed by atoms with Gasteiger partial charge in [-0.15, -0.1) is 11.3 Å². The van der Waals surface area contributed by atoms with Crippen LogP contribution in [0.15, 0.2) is 58.8 Å². The van der Waals surface area contributed by atoms with Gasteiger partial charge in [0.25, 0.3) is 17.4 Å². The first-order valence-corrected chi connectivity index (χ1v) is 13.4. The number of fused-ring (bicyclic) bond motifs is 1. The van der Waals surface area contributed by atoms with Crippen molar-refractivity contribution in [2.24, 2.45) is 0 Å². The van der Waals surface area contributed by atoms with Gasteiger partial charge in [-0.3, -0.25) is 19.4 Å². The van der Waals surface area contributed by atoms with Gasteiger partial charge >= 0.3 is 0 Å². The van der Waals surface area contributed by atoms with Crippen molar-refractivity contribution in [1.82, 2.24) is 20.2 Å². The minimum atomic E-state index is -0.726. The quantitative estimate of drug-likeness (QED) is 0.231. The van der Waals surface area contributed by atoms with Crippen molar-refractivity contribution in [3.8, 4) is 5.75 Å². The Bertz CT molecular complexity index is 1500. The number of aromatic hydroxyl groups is 1. The Morgan fingerprint density at radius 3 is 2.59 bits per heavy atom. The third kappa shape index (κ3) is 6.87. The minimum absolute atomic E-state index is 0.107. The normalized spacial score (nSPS) is 11.0. The van der Waals surface area contributed by atoms with E-state index < -0.39 is 22.8 Å². The number of nitrogens with zero attached hydrogens (tertiary/aromatic N) is 2. The van der Waals surface area contributed by atoms with Crippen LogP contribution in [-0.4, -0.2) is 52.8 Å². The maximum Gasteiger partial charge on any atom is 0.267 e. The standard InChI is InChI=1S/C28H29FN4O5S/c1-2-38-13-11-31-27(36)23-25(34)24-21(16-19(17-32-24)15-18-6-8-20(29)9-7-18)33(28(23)37)12-4-10-30-26(35)22-5-3-14-39-22/h3,5-9,14,16-17,34H,2,4,10-13,15H2,1H3,(H,30,35)(H,31,36). The SMILES string of the molecule is CCOCCNC(=O)c1c(O)c2ncc(Cc3ccc(F)cc3)cc2n(CCCNC(=O)c2cccs2)c1=O. The fourth-order valence-electron chi connectivity index (χ4n) is 4.11. The van der Waals surface area contributed by atoms with E-state index >= 15 is 0 Å². The number of hydrogen-bond donors (Lipinski definition) is 3. The lowest BCUT2D eigenvalue weighted by Gasteiger charge is -2.16. The number of aromatic nitrogens is 2. The molecular weight excluding hydrogens is 523 g/mol. The second kappa shape index (κ2) is 13.1. The van der Waals surface area contributed by atoms with E-state index in [-0.39, 0.29) is 36.9 Å². The first kappa shape index (κ1) is 27.9. The van der Waals surface area contributed by atoms with Crippen LogP contribution in [0.25, 0.3) is 11.0 Å². The maximum atomic E-state index is 13.5. The predicted octanol–water partition coefficient (Wildman–Crippen LogP) is 3.48. The number of ether oxygens (including phenoxy) is 1. The highest BCUT2D eigenvalue weighted by molar-refractivity contribution is 7.12. The molecule has 11 heteroatoms. The Morgan fingerprint density at radius 1 is 1.10 bits per heavy atom. The zero-order valence-electron chi connectivity index (χ0n) is 21.4. The lowest BCUT2D eigenvalue weighted by molar-refractivity contribution is 0.0917. The third-order valence-corrected chi connectivity index (χ3v) is 6.88. The number of carbonyl (C=O) groups is 2. The Kier molecular flexibility index (Phi) is 9.40. The highest BCUT2D eigenvalue weighted by Crippen LogP contribution is 2.26. The van der Waals surface area contributed by atoms with E-state index in [1.807, 2.05) is 12.3 Å². The van der Waals surface area contributed by atoms with Crippen LogP contribution in [0, 0.1) is 5.82 Å². The molecule has 3 aromatic heterocycles. The van der Waals surface area contributed by atoms with Gasteiger partial charge in [0.15, 0.2) is 5.75 Å². The largest absolute Gasteiger partial charge is 0.505 e. The van der Waals surface area contributed by atoms with Crippen LogP contribution < -0.4 is 16.2 Å². The van der Waals surface area contributed by atoms with Gasteiger partial charge in [-0.1, -0.05) is 18.2 Å². The van der Waals surface area contributed by atoms with Crippen LogP contribution in [-0.2, 0) is 17.7 Å². The summed E-state index contributed by atoms with van der Waals surface area (Å²) in [4.78, 5) is 43.6. The van der Waals surface area contributed by atoms with Gasteiger partial charge in [-0.05, 0) is 60.5 Å². The molecule has 0 saturated heterocycles. The number of nitrogens with one attached hydrogen (secondary N) is 2. The number of thiophene rings is 1. The Balaban J connectivity index is 1.63. The van der Waals surface area contributed by atoms with Crippen molar-refractivity contribution < 1.29 is 23.8 Å². The van der Waals surface area contributed by atoms with E-state index in [1.54, 1.807) is 36.5 Å². The fraction of sp³-hybridized carbons (Fsp3) is 0.286. The summed E-state index contributed by atoms with van der Waals surface area (Å²) >= 11 is 1.33. The summed E-state index contributed by atoms with van der Waals surface area (Å²) in [5.41, 5.74) is 0.973. The van der Waals surface area contributed by atoms with Crippen molar-refractivity contribution >= 4 is 34.2 Å². The number of aryl methyl sites for hydroxylation is 1. The van der Waals surface area contributed by atoms with Crippen molar-refractivity contribution in [3.63, 3.8) is 0 Å². The molecular formula is C28H29FN4O5S. The number of hydrogen-bond acceptors (Lipinski definition) is 7. The highest BCUT2D eigenvalue weighted by atomic mass is 32.1. The summed E-state index contributed by atoms with van der Waals surface area (Å²) < 4.78 is 19.9. The first-order chi connectivity index (χ1) is 18.9. The maximum absolute atomic E-state index is 13.5. The molecule has 39 heavy (non-hydrogen) atoms. The summed E-state index contributed by atoms with van der Waals surface area (Å²) in [6, 6.07) is 11.3. The molecule has 3 heterocycles. The Labute approximate surface area is 228 Å². The molecule has 0 fully saturated rings. The lowest BCUT2D eigenvalue weighted by atomic mass is 10.1. The number of benzene rings is 1. The monoisotopic (exact) mass is 552 g/mol. The van der Waals surface area contributed by atoms with E-state index in [1.165, 1.54) is 28.0 Å². The molecule has 0 radical (unpaired) electrons. The topological polar surface area (TPSA) is 123 Å². The van der Waals surface area contributed by atoms with E-state index in [9.17, 15) is 23.9 Å². The Morgan fingerprint density at radius 2 is 1.87 bits per heavy atom. The molecule has 0 aliphatic carbocycles. The number of pyridine rings is 2. The molecule has 4 rings (SSSR count). The first-order valence-electron chi connectivity index (χ1n) is 12.6. The van der Waals surface area contributed by atoms with Gasteiger partial charge in [0.1, 0.15) is 16.9 Å². The van der Waals surface area contributed by atoms with Gasteiger partial charge < -0.3 is 25.0 Å². The van der Waals surface area contributed by atoms with E-state index in [0.717, 1.165) is 11.1 Å². The fourth-order valence-corrected chi connectivity index (χ4v) is 4.75. The average molecular weight is 553 g/mol. The van der Waals surface area contributed by atoms with Crippen molar-refractivity contribution in [2.75, 3.05) is 26.3 Å². The van der Waals surface area contributed by atoms with Gasteiger partial charge in [-0.25, -0.2) is 4.39 Å². The molecule has 3 N–H and O–H groups in total. The van der Waals surface area contributed by atoms with Crippen LogP contribution in [0.1, 0.15) is 44.5 Å². The van der Waals surface area contributed by atoms with Gasteiger partial charge in [-0.2, -0.15) is 0 Å². The summed E-state index contributed by atoms with van der Waals surface area (Å²) in [5, 5.41) is 18.2. The zero-order valence-corrected chi connectivity index (χ0v) is 22.2. The molecule has 204 valence electrons. The number of halogens is 1. The van der Waals surface area contributed by atoms with Crippen LogP contribution in [0.4, 0.5) is 4.39 Å². The van der Waals surface area contributed by atoms with Crippen LogP contribution in [0.5, 0.6) is 5.75 Å². The number of carbonyl (C=O) groups excluding carboxylic acids is 2. The van der Waals surface area contributed by atoms with Crippen molar-refractivity contribution in [2.45, 2.75) is 26.3 Å². The number of amides is 2. The zero-order chi connectivity index (χ0) is 27.8. The smallest absolute Gasteiger partial charge is 0.267 e. The van der Waals surface area contributed by atoms with Crippen LogP contribution >= 0.6 is 11.3 Å². The molecule has 0 unspecified atom stereocenters. The third-order valence-electron chi connectivity index (χ3n) is 6.01. The molecule has 4 aromatic rings. The van der Waals surface area contributed by atoms with Gasteiger partial charge in [0, 0.05) is 32.4 Å². The molecule has 0 bridgehead atoms. The molecule has 0 aliphatic heterocycles. The molecule has 0 saturated carbocycles. The summed E-state index contributed by atoms with van der Waals surface area (Å²) in [6.07, 6.45) is 2.37. The highest BCUT2D eigenvalue weighted by Gasteiger charge is 2.23. The predicted molar refractivity (Wildman–Crippen MR) is 147 cm³/mol. The van der Waals surface area contributed by atoms with Crippen LogP contribution in [0.2, 0.25) is 0 Å². The van der Waals surface area contributed by atoms with E-state index in [2.05, 4.69) is 15.6 Å². The van der Waals surface area contributed by atoms with Gasteiger partial charge in [0.05, 0.1) is 17.0 Å². The average Bonchev–Trinajstić information content (AvgIpc) is 3.47. The second-order valence-electron chi connectivity index (χ2n) is 8.73. The van der Waals surface area contributed by atoms with Crippen molar-refractivity contribution in [1.29, 1.82) is 0 Å². The number of rotatable bonds is 12. The summed E-state index contributed by atoms with van der Waals surface area (Å²) in [6.45, 7) is 3.21. The molecule has 9 nitrogen and oxygen atoms in total. The minimum Gasteiger partial charge on any atom is -0.505 e. The Hall–Kier alpha value is -4.09. The molecule has 0 atom stereocenters. The van der Waals surface area contributed by atoms with E-state index in [0.29, 0.717) is 36.4 Å². The molecule has 1 aromatic carbocycles. The lowest BCUT2D eigenvalue weighted by Crippen LogP contribution is -2.35. The summed E-state index contributed by atoms with van der Waals surface area (Å²) in [7, 11) is 0. The molecule has 2 amide bonds. The van der Waals surface area contributed by atoms with Crippen LogP contribution in [0.3, 0.4) is 0 Å². The second-order valence-corrected chi connectivity index (χ2v) is 9.68. The van der Waals surface area contributed by atoms with Gasteiger partial charge in [0.2, 0.25) is 0 Å². The van der Waals surface area contributed by atoms with E-state index in [4.69, 9.17) is 4.74 Å². The molecule has 0 spiro atoms.